The van der Waals surface area contributed by atoms with Gasteiger partial charge in [0.15, 0.2) is 0 Å². The largest absolute Gasteiger partial charge is 0.352 e. The van der Waals surface area contributed by atoms with E-state index in [1.165, 1.54) is 0 Å². The smallest absolute Gasteiger partial charge is 0.224 e. The van der Waals surface area contributed by atoms with Crippen LogP contribution in [0.5, 0.6) is 0 Å². The summed E-state index contributed by atoms with van der Waals surface area (Å²) in [7, 11) is 0. The predicted molar refractivity (Wildman–Crippen MR) is 60.6 cm³/mol. The second kappa shape index (κ2) is 5.50. The fraction of sp³-hybridized carbons (Fsp3) is 0.182. The van der Waals surface area contributed by atoms with Crippen molar-refractivity contribution in [2.24, 2.45) is 0 Å². The van der Waals surface area contributed by atoms with Crippen LogP contribution in [0.2, 0.25) is 0 Å². The summed E-state index contributed by atoms with van der Waals surface area (Å²) in [5, 5.41) is 2.72. The number of carbonyl (C=O) groups is 1. The Morgan fingerprint density at radius 2 is 2.07 bits per heavy atom. The summed E-state index contributed by atoms with van der Waals surface area (Å²) in [4.78, 5) is 12.2. The molecule has 1 N–H and O–H groups in total. The van der Waals surface area contributed by atoms with Gasteiger partial charge in [-0.1, -0.05) is 18.2 Å². The standard InChI is InChI=1S/C11H13NOS/c1-2-7-12-11(13)8-9-3-5-10(14)6-4-9/h2-6,14H,1,7-8H2,(H,12,13). The van der Waals surface area contributed by atoms with Gasteiger partial charge in [-0.3, -0.25) is 4.79 Å². The first-order valence-electron chi connectivity index (χ1n) is 4.38. The lowest BCUT2D eigenvalue weighted by Crippen LogP contribution is -2.24. The Labute approximate surface area is 89.4 Å². The lowest BCUT2D eigenvalue weighted by Gasteiger charge is -2.02. The van der Waals surface area contributed by atoms with Gasteiger partial charge in [-0.2, -0.15) is 0 Å². The van der Waals surface area contributed by atoms with E-state index in [-0.39, 0.29) is 5.91 Å². The second-order valence-corrected chi connectivity index (χ2v) is 3.45. The normalized spacial score (nSPS) is 9.50. The summed E-state index contributed by atoms with van der Waals surface area (Å²) in [6.07, 6.45) is 2.07. The van der Waals surface area contributed by atoms with Gasteiger partial charge >= 0.3 is 0 Å². The first-order chi connectivity index (χ1) is 6.72. The van der Waals surface area contributed by atoms with Crippen LogP contribution < -0.4 is 5.32 Å². The molecule has 1 aromatic rings. The Hall–Kier alpha value is -1.22. The van der Waals surface area contributed by atoms with Crippen molar-refractivity contribution in [3.8, 4) is 0 Å². The summed E-state index contributed by atoms with van der Waals surface area (Å²) in [5.41, 5.74) is 0.990. The van der Waals surface area contributed by atoms with E-state index >= 15 is 0 Å². The number of hydrogen-bond acceptors (Lipinski definition) is 2. The highest BCUT2D eigenvalue weighted by Crippen LogP contribution is 2.07. The third-order valence-electron chi connectivity index (χ3n) is 1.74. The van der Waals surface area contributed by atoms with Crippen molar-refractivity contribution in [3.63, 3.8) is 0 Å². The Kier molecular flexibility index (Phi) is 4.26. The van der Waals surface area contributed by atoms with E-state index in [2.05, 4.69) is 24.5 Å². The average Bonchev–Trinajstić information content (AvgIpc) is 2.18. The monoisotopic (exact) mass is 207 g/mol. The summed E-state index contributed by atoms with van der Waals surface area (Å²) in [5.74, 6) is 0.0109. The quantitative estimate of drug-likeness (QED) is 0.572. The van der Waals surface area contributed by atoms with Crippen molar-refractivity contribution in [1.82, 2.24) is 5.32 Å². The van der Waals surface area contributed by atoms with Crippen LogP contribution in [0.3, 0.4) is 0 Å². The first kappa shape index (κ1) is 10.9. The molecule has 0 spiro atoms. The van der Waals surface area contributed by atoms with Crippen LogP contribution in [0.1, 0.15) is 5.56 Å². The van der Waals surface area contributed by atoms with Gasteiger partial charge in [0.25, 0.3) is 0 Å². The molecule has 1 amide bonds. The van der Waals surface area contributed by atoms with Gasteiger partial charge in [-0.25, -0.2) is 0 Å². The predicted octanol–water partition coefficient (Wildman–Crippen LogP) is 1.82. The minimum Gasteiger partial charge on any atom is -0.352 e. The van der Waals surface area contributed by atoms with Gasteiger partial charge in [0.05, 0.1) is 6.42 Å². The van der Waals surface area contributed by atoms with Crippen LogP contribution in [0.4, 0.5) is 0 Å². The molecule has 0 aromatic heterocycles. The van der Waals surface area contributed by atoms with E-state index in [0.29, 0.717) is 13.0 Å². The number of nitrogens with one attached hydrogen (secondary N) is 1. The summed E-state index contributed by atoms with van der Waals surface area (Å²) in [6.45, 7) is 4.04. The Morgan fingerprint density at radius 3 is 2.64 bits per heavy atom. The SMILES string of the molecule is C=CCNC(=O)Cc1ccc(S)cc1. The molecule has 0 aliphatic rings. The molecule has 2 nitrogen and oxygen atoms in total. The molecule has 14 heavy (non-hydrogen) atoms. The van der Waals surface area contributed by atoms with Gasteiger partial charge in [-0.05, 0) is 17.7 Å². The molecule has 0 aliphatic heterocycles. The van der Waals surface area contributed by atoms with Crippen LogP contribution in [0.15, 0.2) is 41.8 Å². The maximum Gasteiger partial charge on any atom is 0.224 e. The first-order valence-corrected chi connectivity index (χ1v) is 4.82. The molecule has 0 saturated carbocycles. The molecule has 74 valence electrons. The van der Waals surface area contributed by atoms with Crippen LogP contribution in [-0.4, -0.2) is 12.5 Å². The molecule has 0 unspecified atom stereocenters. The molecule has 1 aromatic carbocycles. The minimum absolute atomic E-state index is 0.0109. The molecule has 0 aliphatic carbocycles. The van der Waals surface area contributed by atoms with Crippen molar-refractivity contribution >= 4 is 18.5 Å². The Bertz CT molecular complexity index is 319. The Balaban J connectivity index is 2.47. The molecule has 3 heteroatoms. The maximum atomic E-state index is 11.3. The highest BCUT2D eigenvalue weighted by Gasteiger charge is 2.00. The molecular weight excluding hydrogens is 194 g/mol. The number of carbonyl (C=O) groups excluding carboxylic acids is 1. The van der Waals surface area contributed by atoms with Gasteiger partial charge in [0, 0.05) is 11.4 Å². The average molecular weight is 207 g/mol. The fourth-order valence-corrected chi connectivity index (χ4v) is 1.20. The minimum atomic E-state index is 0.0109. The van der Waals surface area contributed by atoms with Crippen LogP contribution >= 0.6 is 12.6 Å². The molecule has 1 rings (SSSR count). The van der Waals surface area contributed by atoms with Crippen LogP contribution in [0.25, 0.3) is 0 Å². The third kappa shape index (κ3) is 3.66. The lowest BCUT2D eigenvalue weighted by atomic mass is 10.1. The maximum absolute atomic E-state index is 11.3. The summed E-state index contributed by atoms with van der Waals surface area (Å²) < 4.78 is 0. The highest BCUT2D eigenvalue weighted by molar-refractivity contribution is 7.80. The van der Waals surface area contributed by atoms with Crippen molar-refractivity contribution in [1.29, 1.82) is 0 Å². The van der Waals surface area contributed by atoms with Gasteiger partial charge < -0.3 is 5.32 Å². The van der Waals surface area contributed by atoms with E-state index in [4.69, 9.17) is 0 Å². The molecule has 0 bridgehead atoms. The van der Waals surface area contributed by atoms with Gasteiger partial charge in [-0.15, -0.1) is 19.2 Å². The topological polar surface area (TPSA) is 29.1 Å². The third-order valence-corrected chi connectivity index (χ3v) is 2.04. The van der Waals surface area contributed by atoms with E-state index < -0.39 is 0 Å². The van der Waals surface area contributed by atoms with E-state index in [1.807, 2.05) is 24.3 Å². The molecular formula is C11H13NOS. The highest BCUT2D eigenvalue weighted by atomic mass is 32.1. The van der Waals surface area contributed by atoms with E-state index in [9.17, 15) is 4.79 Å². The zero-order valence-corrected chi connectivity index (χ0v) is 8.76. The van der Waals surface area contributed by atoms with Crippen molar-refractivity contribution in [2.75, 3.05) is 6.54 Å². The second-order valence-electron chi connectivity index (χ2n) is 2.94. The number of hydrogen-bond donors (Lipinski definition) is 2. The molecule has 0 saturated heterocycles. The van der Waals surface area contributed by atoms with Crippen LogP contribution in [0, 0.1) is 0 Å². The number of thiol groups is 1. The van der Waals surface area contributed by atoms with E-state index in [1.54, 1.807) is 6.08 Å². The lowest BCUT2D eigenvalue weighted by molar-refractivity contribution is -0.120. The summed E-state index contributed by atoms with van der Waals surface area (Å²) in [6, 6.07) is 7.55. The molecule has 0 radical (unpaired) electrons. The number of rotatable bonds is 4. The summed E-state index contributed by atoms with van der Waals surface area (Å²) >= 11 is 4.16. The zero-order valence-electron chi connectivity index (χ0n) is 7.86. The van der Waals surface area contributed by atoms with Crippen molar-refractivity contribution in [3.05, 3.63) is 42.5 Å². The zero-order chi connectivity index (χ0) is 10.4. The van der Waals surface area contributed by atoms with Gasteiger partial charge in [0.1, 0.15) is 0 Å². The molecule has 0 atom stereocenters. The van der Waals surface area contributed by atoms with Crippen molar-refractivity contribution in [2.45, 2.75) is 11.3 Å². The number of benzene rings is 1. The van der Waals surface area contributed by atoms with Gasteiger partial charge in [0.2, 0.25) is 5.91 Å². The fourth-order valence-electron chi connectivity index (χ4n) is 1.05. The van der Waals surface area contributed by atoms with Crippen LogP contribution in [-0.2, 0) is 11.2 Å². The Morgan fingerprint density at radius 1 is 1.43 bits per heavy atom. The van der Waals surface area contributed by atoms with E-state index in [0.717, 1.165) is 10.5 Å². The van der Waals surface area contributed by atoms with Crippen molar-refractivity contribution < 1.29 is 4.79 Å². The molecule has 0 fully saturated rings. The molecule has 0 heterocycles. The number of amides is 1.